The van der Waals surface area contributed by atoms with Crippen LogP contribution in [0.4, 0.5) is 0 Å². The Labute approximate surface area is 116 Å². The zero-order valence-electron chi connectivity index (χ0n) is 12.2. The molecule has 1 aliphatic heterocycles. The van der Waals surface area contributed by atoms with E-state index in [1.807, 2.05) is 6.07 Å². The Morgan fingerprint density at radius 3 is 3.16 bits per heavy atom. The molecule has 0 saturated carbocycles. The molecule has 0 spiro atoms. The van der Waals surface area contributed by atoms with Gasteiger partial charge in [-0.25, -0.2) is 4.98 Å². The summed E-state index contributed by atoms with van der Waals surface area (Å²) in [7, 11) is 3.88. The van der Waals surface area contributed by atoms with Gasteiger partial charge in [-0.2, -0.15) is 0 Å². The summed E-state index contributed by atoms with van der Waals surface area (Å²) in [5.74, 6) is 1.46. The lowest BCUT2D eigenvalue weighted by atomic mass is 9.92. The quantitative estimate of drug-likeness (QED) is 0.880. The summed E-state index contributed by atoms with van der Waals surface area (Å²) in [4.78, 5) is 6.66. The summed E-state index contributed by atoms with van der Waals surface area (Å²) in [5, 5.41) is 3.62. The highest BCUT2D eigenvalue weighted by Crippen LogP contribution is 2.20. The Balaban J connectivity index is 1.87. The Bertz CT molecular complexity index is 397. The fourth-order valence-corrected chi connectivity index (χ4v) is 2.79. The van der Waals surface area contributed by atoms with Gasteiger partial charge in [-0.05, 0) is 45.3 Å². The molecule has 1 N–H and O–H groups in total. The topological polar surface area (TPSA) is 37.4 Å². The molecular weight excluding hydrogens is 238 g/mol. The average Bonchev–Trinajstić information content (AvgIpc) is 2.45. The van der Waals surface area contributed by atoms with Gasteiger partial charge in [0, 0.05) is 30.9 Å². The van der Waals surface area contributed by atoms with Gasteiger partial charge in [0.2, 0.25) is 5.88 Å². The lowest BCUT2D eigenvalue weighted by Crippen LogP contribution is -2.42. The number of rotatable bonds is 5. The van der Waals surface area contributed by atoms with Gasteiger partial charge in [-0.3, -0.25) is 0 Å². The SMILES string of the molecule is COc1ncccc1CNC(C)C1CCCN(C)C1. The van der Waals surface area contributed by atoms with Gasteiger partial charge in [-0.1, -0.05) is 6.07 Å². The van der Waals surface area contributed by atoms with Crippen LogP contribution in [0.3, 0.4) is 0 Å². The van der Waals surface area contributed by atoms with E-state index in [-0.39, 0.29) is 0 Å². The number of pyridine rings is 1. The van der Waals surface area contributed by atoms with Gasteiger partial charge in [0.05, 0.1) is 7.11 Å². The summed E-state index contributed by atoms with van der Waals surface area (Å²) in [5.41, 5.74) is 1.13. The number of aromatic nitrogens is 1. The lowest BCUT2D eigenvalue weighted by molar-refractivity contribution is 0.178. The van der Waals surface area contributed by atoms with Crippen molar-refractivity contribution in [1.82, 2.24) is 15.2 Å². The number of nitrogens with one attached hydrogen (secondary N) is 1. The van der Waals surface area contributed by atoms with E-state index in [4.69, 9.17) is 4.74 Å². The van der Waals surface area contributed by atoms with Gasteiger partial charge in [0.25, 0.3) is 0 Å². The smallest absolute Gasteiger partial charge is 0.217 e. The van der Waals surface area contributed by atoms with Crippen molar-refractivity contribution in [3.63, 3.8) is 0 Å². The molecule has 0 aliphatic carbocycles. The molecule has 0 aromatic carbocycles. The molecule has 4 heteroatoms. The summed E-state index contributed by atoms with van der Waals surface area (Å²) in [6.45, 7) is 5.53. The Hall–Kier alpha value is -1.13. The van der Waals surface area contributed by atoms with Crippen molar-refractivity contribution in [2.75, 3.05) is 27.2 Å². The molecule has 0 radical (unpaired) electrons. The predicted octanol–water partition coefficient (Wildman–Crippen LogP) is 1.91. The fraction of sp³-hybridized carbons (Fsp3) is 0.667. The molecule has 2 atom stereocenters. The number of hydrogen-bond acceptors (Lipinski definition) is 4. The van der Waals surface area contributed by atoms with E-state index in [2.05, 4.69) is 35.2 Å². The number of likely N-dealkylation sites (tertiary alicyclic amines) is 1. The summed E-state index contributed by atoms with van der Waals surface area (Å²) >= 11 is 0. The van der Waals surface area contributed by atoms with Crippen molar-refractivity contribution in [3.05, 3.63) is 23.9 Å². The number of piperidine rings is 1. The maximum absolute atomic E-state index is 5.28. The second kappa shape index (κ2) is 6.87. The zero-order chi connectivity index (χ0) is 13.7. The summed E-state index contributed by atoms with van der Waals surface area (Å²) in [6.07, 6.45) is 4.40. The highest BCUT2D eigenvalue weighted by atomic mass is 16.5. The lowest BCUT2D eigenvalue weighted by Gasteiger charge is -2.34. The molecule has 1 aliphatic rings. The molecule has 1 fully saturated rings. The van der Waals surface area contributed by atoms with Gasteiger partial charge in [-0.15, -0.1) is 0 Å². The molecule has 2 rings (SSSR count). The van der Waals surface area contributed by atoms with Crippen molar-refractivity contribution in [2.24, 2.45) is 5.92 Å². The third-order valence-corrected chi connectivity index (χ3v) is 4.03. The Kier molecular flexibility index (Phi) is 5.16. The monoisotopic (exact) mass is 263 g/mol. The zero-order valence-corrected chi connectivity index (χ0v) is 12.2. The number of ether oxygens (including phenoxy) is 1. The third-order valence-electron chi connectivity index (χ3n) is 4.03. The molecule has 2 heterocycles. The minimum Gasteiger partial charge on any atom is -0.481 e. The largest absolute Gasteiger partial charge is 0.481 e. The van der Waals surface area contributed by atoms with Crippen molar-refractivity contribution in [2.45, 2.75) is 32.4 Å². The number of hydrogen-bond donors (Lipinski definition) is 1. The Morgan fingerprint density at radius 2 is 2.42 bits per heavy atom. The van der Waals surface area contributed by atoms with Crippen LogP contribution in [-0.4, -0.2) is 43.2 Å². The van der Waals surface area contributed by atoms with Crippen LogP contribution in [0.15, 0.2) is 18.3 Å². The van der Waals surface area contributed by atoms with E-state index in [9.17, 15) is 0 Å². The van der Waals surface area contributed by atoms with Gasteiger partial charge < -0.3 is 15.0 Å². The van der Waals surface area contributed by atoms with Gasteiger partial charge in [0.15, 0.2) is 0 Å². The minimum atomic E-state index is 0.521. The highest BCUT2D eigenvalue weighted by Gasteiger charge is 2.22. The molecule has 0 bridgehead atoms. The fourth-order valence-electron chi connectivity index (χ4n) is 2.79. The van der Waals surface area contributed by atoms with Crippen LogP contribution in [-0.2, 0) is 6.54 Å². The number of nitrogens with zero attached hydrogens (tertiary/aromatic N) is 2. The average molecular weight is 263 g/mol. The number of methoxy groups -OCH3 is 1. The standard InChI is InChI=1S/C15H25N3O/c1-12(14-7-5-9-18(2)11-14)17-10-13-6-4-8-16-15(13)19-3/h4,6,8,12,14,17H,5,7,9-11H2,1-3H3. The van der Waals surface area contributed by atoms with Crippen LogP contribution in [0.5, 0.6) is 5.88 Å². The molecule has 0 amide bonds. The highest BCUT2D eigenvalue weighted by molar-refractivity contribution is 5.25. The van der Waals surface area contributed by atoms with Gasteiger partial charge >= 0.3 is 0 Å². The minimum absolute atomic E-state index is 0.521. The van der Waals surface area contributed by atoms with E-state index < -0.39 is 0 Å². The van der Waals surface area contributed by atoms with Gasteiger partial charge in [0.1, 0.15) is 0 Å². The maximum Gasteiger partial charge on any atom is 0.217 e. The molecule has 106 valence electrons. The van der Waals surface area contributed by atoms with Crippen LogP contribution in [0.2, 0.25) is 0 Å². The second-order valence-electron chi connectivity index (χ2n) is 5.51. The normalized spacial score (nSPS) is 22.2. The van der Waals surface area contributed by atoms with Crippen LogP contribution in [0.25, 0.3) is 0 Å². The molecule has 4 nitrogen and oxygen atoms in total. The second-order valence-corrected chi connectivity index (χ2v) is 5.51. The Morgan fingerprint density at radius 1 is 1.58 bits per heavy atom. The first-order valence-corrected chi connectivity index (χ1v) is 7.10. The van der Waals surface area contributed by atoms with E-state index >= 15 is 0 Å². The maximum atomic E-state index is 5.28. The molecule has 19 heavy (non-hydrogen) atoms. The van der Waals surface area contributed by atoms with E-state index in [0.29, 0.717) is 6.04 Å². The van der Waals surface area contributed by atoms with E-state index in [1.165, 1.54) is 25.9 Å². The van der Waals surface area contributed by atoms with E-state index in [0.717, 1.165) is 23.9 Å². The van der Waals surface area contributed by atoms with Crippen molar-refractivity contribution < 1.29 is 4.74 Å². The predicted molar refractivity (Wildman–Crippen MR) is 77.3 cm³/mol. The van der Waals surface area contributed by atoms with Crippen molar-refractivity contribution in [1.29, 1.82) is 0 Å². The van der Waals surface area contributed by atoms with Crippen LogP contribution < -0.4 is 10.1 Å². The van der Waals surface area contributed by atoms with Crippen LogP contribution in [0.1, 0.15) is 25.3 Å². The van der Waals surface area contributed by atoms with Crippen LogP contribution in [0, 0.1) is 5.92 Å². The first-order chi connectivity index (χ1) is 9.20. The molecule has 2 unspecified atom stereocenters. The molecule has 1 aromatic heterocycles. The first kappa shape index (κ1) is 14.3. The first-order valence-electron chi connectivity index (χ1n) is 7.10. The third kappa shape index (κ3) is 3.91. The van der Waals surface area contributed by atoms with Crippen molar-refractivity contribution in [3.8, 4) is 5.88 Å². The summed E-state index contributed by atoms with van der Waals surface area (Å²) < 4.78 is 5.28. The molecular formula is C15H25N3O. The summed E-state index contributed by atoms with van der Waals surface area (Å²) in [6, 6.07) is 4.55. The van der Waals surface area contributed by atoms with Crippen molar-refractivity contribution >= 4 is 0 Å². The van der Waals surface area contributed by atoms with Crippen LogP contribution >= 0.6 is 0 Å². The van der Waals surface area contributed by atoms with E-state index in [1.54, 1.807) is 13.3 Å². The molecule has 1 saturated heterocycles. The molecule has 1 aromatic rings.